The number of amides is 2. The molecule has 5 nitrogen and oxygen atoms in total. The molecule has 4 N–H and O–H groups in total. The van der Waals surface area contributed by atoms with Crippen LogP contribution in [-0.2, 0) is 0 Å². The summed E-state index contributed by atoms with van der Waals surface area (Å²) in [5.41, 5.74) is 5.84. The van der Waals surface area contributed by atoms with Crippen LogP contribution >= 0.6 is 0 Å². The van der Waals surface area contributed by atoms with Crippen LogP contribution in [0.5, 0.6) is 0 Å². The maximum absolute atomic E-state index is 11.8. The van der Waals surface area contributed by atoms with Gasteiger partial charge in [-0.3, -0.25) is 0 Å². The van der Waals surface area contributed by atoms with E-state index in [0.29, 0.717) is 18.1 Å². The molecule has 1 aliphatic heterocycles. The number of hydrogen-bond acceptors (Lipinski definition) is 3. The zero-order chi connectivity index (χ0) is 12.3. The van der Waals surface area contributed by atoms with Crippen LogP contribution in [0, 0.1) is 0 Å². The lowest BCUT2D eigenvalue weighted by Gasteiger charge is -2.27. The molecular weight excluding hydrogens is 216 g/mol. The Bertz CT molecular complexity index is 263. The molecule has 98 valence electrons. The SMILES string of the molecule is CN1CC[C@H](NC(=O)NC2CCC(N)CC2)C1. The van der Waals surface area contributed by atoms with Gasteiger partial charge in [-0.1, -0.05) is 0 Å². The van der Waals surface area contributed by atoms with Crippen molar-refractivity contribution in [2.24, 2.45) is 5.73 Å². The number of likely N-dealkylation sites (tertiary alicyclic amines) is 1. The molecule has 0 aromatic rings. The molecular formula is C12H24N4O. The Labute approximate surface area is 103 Å². The van der Waals surface area contributed by atoms with Crippen molar-refractivity contribution in [2.45, 2.75) is 50.2 Å². The average Bonchev–Trinajstić information content (AvgIpc) is 2.67. The molecule has 0 unspecified atom stereocenters. The van der Waals surface area contributed by atoms with E-state index in [1.807, 2.05) is 0 Å². The van der Waals surface area contributed by atoms with E-state index < -0.39 is 0 Å². The van der Waals surface area contributed by atoms with Crippen molar-refractivity contribution in [3.63, 3.8) is 0 Å². The van der Waals surface area contributed by atoms with Gasteiger partial charge in [0, 0.05) is 24.7 Å². The summed E-state index contributed by atoms with van der Waals surface area (Å²) in [5.74, 6) is 0. The summed E-state index contributed by atoms with van der Waals surface area (Å²) in [6.07, 6.45) is 5.13. The van der Waals surface area contributed by atoms with Gasteiger partial charge in [-0.25, -0.2) is 4.79 Å². The third-order valence-electron chi connectivity index (χ3n) is 3.83. The van der Waals surface area contributed by atoms with Gasteiger partial charge in [0.15, 0.2) is 0 Å². The minimum Gasteiger partial charge on any atom is -0.335 e. The smallest absolute Gasteiger partial charge is 0.315 e. The zero-order valence-corrected chi connectivity index (χ0v) is 10.6. The number of nitrogens with two attached hydrogens (primary N) is 1. The lowest BCUT2D eigenvalue weighted by molar-refractivity contribution is 0.227. The van der Waals surface area contributed by atoms with E-state index in [0.717, 1.165) is 45.2 Å². The van der Waals surface area contributed by atoms with Gasteiger partial charge < -0.3 is 21.3 Å². The Kier molecular flexibility index (Phi) is 4.23. The predicted molar refractivity (Wildman–Crippen MR) is 67.8 cm³/mol. The van der Waals surface area contributed by atoms with Gasteiger partial charge in [0.25, 0.3) is 0 Å². The van der Waals surface area contributed by atoms with Gasteiger partial charge in [0.05, 0.1) is 0 Å². The van der Waals surface area contributed by atoms with Gasteiger partial charge in [0.1, 0.15) is 0 Å². The Morgan fingerprint density at radius 1 is 1.12 bits per heavy atom. The number of rotatable bonds is 2. The number of nitrogens with one attached hydrogen (secondary N) is 2. The van der Waals surface area contributed by atoms with Crippen LogP contribution in [0.15, 0.2) is 0 Å². The fourth-order valence-electron chi connectivity index (χ4n) is 2.73. The first-order valence-electron chi connectivity index (χ1n) is 6.64. The molecule has 0 bridgehead atoms. The molecule has 0 aromatic heterocycles. The highest BCUT2D eigenvalue weighted by atomic mass is 16.2. The van der Waals surface area contributed by atoms with Crippen LogP contribution in [-0.4, -0.2) is 49.2 Å². The molecule has 1 atom stereocenters. The molecule has 1 saturated heterocycles. The lowest BCUT2D eigenvalue weighted by Crippen LogP contribution is -2.48. The largest absolute Gasteiger partial charge is 0.335 e. The van der Waals surface area contributed by atoms with Crippen LogP contribution in [0.1, 0.15) is 32.1 Å². The van der Waals surface area contributed by atoms with Gasteiger partial charge in [-0.2, -0.15) is 0 Å². The summed E-state index contributed by atoms with van der Waals surface area (Å²) >= 11 is 0. The van der Waals surface area contributed by atoms with Gasteiger partial charge in [-0.05, 0) is 45.7 Å². The molecule has 0 aromatic carbocycles. The standard InChI is InChI=1S/C12H24N4O/c1-16-7-6-11(8-16)15-12(17)14-10-4-2-9(13)3-5-10/h9-11H,2-8,13H2,1H3,(H2,14,15,17)/t9?,10?,11-/m0/s1. The van der Waals surface area contributed by atoms with Crippen LogP contribution in [0.2, 0.25) is 0 Å². The highest BCUT2D eigenvalue weighted by molar-refractivity contribution is 5.74. The first-order valence-corrected chi connectivity index (χ1v) is 6.64. The highest BCUT2D eigenvalue weighted by Gasteiger charge is 2.23. The molecule has 1 aliphatic carbocycles. The van der Waals surface area contributed by atoms with Crippen molar-refractivity contribution in [1.29, 1.82) is 0 Å². The minimum atomic E-state index is -0.00854. The van der Waals surface area contributed by atoms with Crippen LogP contribution in [0.25, 0.3) is 0 Å². The molecule has 2 amide bonds. The van der Waals surface area contributed by atoms with E-state index in [4.69, 9.17) is 5.73 Å². The number of hydrogen-bond donors (Lipinski definition) is 3. The Morgan fingerprint density at radius 2 is 1.76 bits per heavy atom. The van der Waals surface area contributed by atoms with Crippen molar-refractivity contribution in [1.82, 2.24) is 15.5 Å². The Balaban J connectivity index is 1.67. The first-order chi connectivity index (χ1) is 8.13. The number of nitrogens with zero attached hydrogens (tertiary/aromatic N) is 1. The number of carbonyl (C=O) groups excluding carboxylic acids is 1. The molecule has 1 saturated carbocycles. The number of urea groups is 1. The summed E-state index contributed by atoms with van der Waals surface area (Å²) in [6.45, 7) is 2.03. The van der Waals surface area contributed by atoms with Crippen molar-refractivity contribution in [2.75, 3.05) is 20.1 Å². The molecule has 5 heteroatoms. The quantitative estimate of drug-likeness (QED) is 0.648. The summed E-state index contributed by atoms with van der Waals surface area (Å²) in [6, 6.07) is 0.949. The summed E-state index contributed by atoms with van der Waals surface area (Å²) < 4.78 is 0. The summed E-state index contributed by atoms with van der Waals surface area (Å²) in [4.78, 5) is 14.0. The van der Waals surface area contributed by atoms with Crippen molar-refractivity contribution >= 4 is 6.03 Å². The maximum atomic E-state index is 11.8. The van der Waals surface area contributed by atoms with Gasteiger partial charge in [0.2, 0.25) is 0 Å². The van der Waals surface area contributed by atoms with Crippen molar-refractivity contribution in [3.8, 4) is 0 Å². The summed E-state index contributed by atoms with van der Waals surface area (Å²) in [5, 5.41) is 6.10. The second kappa shape index (κ2) is 5.69. The molecule has 2 fully saturated rings. The fourth-order valence-corrected chi connectivity index (χ4v) is 2.73. The van der Waals surface area contributed by atoms with E-state index >= 15 is 0 Å². The van der Waals surface area contributed by atoms with Crippen LogP contribution in [0.4, 0.5) is 4.79 Å². The van der Waals surface area contributed by atoms with Crippen LogP contribution in [0.3, 0.4) is 0 Å². The monoisotopic (exact) mass is 240 g/mol. The van der Waals surface area contributed by atoms with Crippen molar-refractivity contribution < 1.29 is 4.79 Å². The number of likely N-dealkylation sites (N-methyl/N-ethyl adjacent to an activating group) is 1. The zero-order valence-electron chi connectivity index (χ0n) is 10.6. The topological polar surface area (TPSA) is 70.4 Å². The summed E-state index contributed by atoms with van der Waals surface area (Å²) in [7, 11) is 2.09. The average molecular weight is 240 g/mol. The Hall–Kier alpha value is -0.810. The second-order valence-corrected chi connectivity index (χ2v) is 5.48. The fraction of sp³-hybridized carbons (Fsp3) is 0.917. The van der Waals surface area contributed by atoms with Crippen molar-refractivity contribution in [3.05, 3.63) is 0 Å². The molecule has 0 radical (unpaired) electrons. The third kappa shape index (κ3) is 3.85. The molecule has 17 heavy (non-hydrogen) atoms. The van der Waals surface area contributed by atoms with E-state index in [1.54, 1.807) is 0 Å². The molecule has 2 aliphatic rings. The van der Waals surface area contributed by atoms with Gasteiger partial charge in [-0.15, -0.1) is 0 Å². The van der Waals surface area contributed by atoms with E-state index in [9.17, 15) is 4.79 Å². The van der Waals surface area contributed by atoms with E-state index in [1.165, 1.54) is 0 Å². The normalized spacial score (nSPS) is 34.6. The van der Waals surface area contributed by atoms with Crippen LogP contribution < -0.4 is 16.4 Å². The van der Waals surface area contributed by atoms with E-state index in [2.05, 4.69) is 22.6 Å². The lowest BCUT2D eigenvalue weighted by atomic mass is 9.92. The second-order valence-electron chi connectivity index (χ2n) is 5.48. The number of carbonyl (C=O) groups is 1. The minimum absolute atomic E-state index is 0.00854. The predicted octanol–water partition coefficient (Wildman–Crippen LogP) is 0.260. The maximum Gasteiger partial charge on any atom is 0.315 e. The van der Waals surface area contributed by atoms with E-state index in [-0.39, 0.29) is 6.03 Å². The molecule has 2 rings (SSSR count). The molecule has 1 heterocycles. The highest BCUT2D eigenvalue weighted by Crippen LogP contribution is 2.16. The first kappa shape index (κ1) is 12.6. The molecule has 0 spiro atoms. The van der Waals surface area contributed by atoms with Gasteiger partial charge >= 0.3 is 6.03 Å². The Morgan fingerprint density at radius 3 is 2.35 bits per heavy atom. The third-order valence-corrected chi connectivity index (χ3v) is 3.83.